The molecule has 0 aromatic carbocycles. The predicted molar refractivity (Wildman–Crippen MR) is 87.7 cm³/mol. The van der Waals surface area contributed by atoms with Gasteiger partial charge < -0.3 is 15.3 Å². The van der Waals surface area contributed by atoms with Gasteiger partial charge in [-0.15, -0.1) is 11.3 Å². The summed E-state index contributed by atoms with van der Waals surface area (Å²) in [4.78, 5) is 16.0. The van der Waals surface area contributed by atoms with Crippen LogP contribution in [-0.4, -0.2) is 48.2 Å². The highest BCUT2D eigenvalue weighted by Gasteiger charge is 2.15. The van der Waals surface area contributed by atoms with Crippen LogP contribution in [0, 0.1) is 18.8 Å². The van der Waals surface area contributed by atoms with Crippen LogP contribution in [0.4, 0.5) is 0 Å². The fourth-order valence-electron chi connectivity index (χ4n) is 2.05. The van der Waals surface area contributed by atoms with Crippen molar-refractivity contribution in [1.29, 1.82) is 0 Å². The molecule has 1 amide bonds. The van der Waals surface area contributed by atoms with Crippen LogP contribution in [0.5, 0.6) is 0 Å². The van der Waals surface area contributed by atoms with E-state index in [-0.39, 0.29) is 18.6 Å². The minimum absolute atomic E-state index is 0.0557. The van der Waals surface area contributed by atoms with Crippen molar-refractivity contribution in [3.8, 4) is 11.8 Å². The second-order valence-electron chi connectivity index (χ2n) is 4.94. The van der Waals surface area contributed by atoms with Crippen LogP contribution in [-0.2, 0) is 0 Å². The van der Waals surface area contributed by atoms with E-state index in [9.17, 15) is 4.79 Å². The molecule has 5 heteroatoms. The first-order valence-electron chi connectivity index (χ1n) is 7.25. The topological polar surface area (TPSA) is 52.6 Å². The van der Waals surface area contributed by atoms with Gasteiger partial charge in [-0.2, -0.15) is 0 Å². The van der Waals surface area contributed by atoms with E-state index < -0.39 is 0 Å². The van der Waals surface area contributed by atoms with Crippen LogP contribution < -0.4 is 5.32 Å². The average molecular weight is 308 g/mol. The van der Waals surface area contributed by atoms with Gasteiger partial charge >= 0.3 is 0 Å². The van der Waals surface area contributed by atoms with Gasteiger partial charge in [0.25, 0.3) is 5.91 Å². The average Bonchev–Trinajstić information content (AvgIpc) is 2.83. The monoisotopic (exact) mass is 308 g/mol. The number of carbonyl (C=O) groups excluding carboxylic acids is 1. The lowest BCUT2D eigenvalue weighted by molar-refractivity contribution is 0.0934. The van der Waals surface area contributed by atoms with Crippen molar-refractivity contribution in [3.05, 3.63) is 21.4 Å². The highest BCUT2D eigenvalue weighted by Crippen LogP contribution is 2.20. The molecule has 0 bridgehead atoms. The fourth-order valence-corrected chi connectivity index (χ4v) is 3.00. The number of hydrogen-bond acceptors (Lipinski definition) is 4. The van der Waals surface area contributed by atoms with Gasteiger partial charge in [0.1, 0.15) is 6.61 Å². The Balaban J connectivity index is 2.67. The highest BCUT2D eigenvalue weighted by molar-refractivity contribution is 7.14. The number of aryl methyl sites for hydroxylation is 1. The van der Waals surface area contributed by atoms with Gasteiger partial charge in [0.05, 0.1) is 9.75 Å². The molecule has 1 rings (SSSR count). The van der Waals surface area contributed by atoms with Crippen LogP contribution >= 0.6 is 11.3 Å². The van der Waals surface area contributed by atoms with Crippen LogP contribution in [0.25, 0.3) is 0 Å². The number of thiophene rings is 1. The summed E-state index contributed by atoms with van der Waals surface area (Å²) in [6.45, 7) is 10.8. The molecule has 0 aliphatic heterocycles. The number of aliphatic hydroxyl groups is 1. The normalized spacial score (nSPS) is 11.9. The number of hydrogen-bond donors (Lipinski definition) is 2. The number of amides is 1. The Morgan fingerprint density at radius 2 is 2.14 bits per heavy atom. The Morgan fingerprint density at radius 1 is 1.48 bits per heavy atom. The van der Waals surface area contributed by atoms with Gasteiger partial charge in [0.2, 0.25) is 0 Å². The smallest absolute Gasteiger partial charge is 0.261 e. The van der Waals surface area contributed by atoms with E-state index in [1.54, 1.807) is 0 Å². The lowest BCUT2D eigenvalue weighted by Crippen LogP contribution is -2.41. The third-order valence-electron chi connectivity index (χ3n) is 3.23. The molecular weight excluding hydrogens is 284 g/mol. The lowest BCUT2D eigenvalue weighted by atomic mass is 10.2. The summed E-state index contributed by atoms with van der Waals surface area (Å²) >= 11 is 1.37. The quantitative estimate of drug-likeness (QED) is 0.789. The van der Waals surface area contributed by atoms with E-state index in [0.29, 0.717) is 4.88 Å². The van der Waals surface area contributed by atoms with Crippen molar-refractivity contribution in [2.24, 2.45) is 0 Å². The molecule has 1 aromatic heterocycles. The second kappa shape index (κ2) is 8.83. The third kappa shape index (κ3) is 5.50. The Kier molecular flexibility index (Phi) is 7.44. The van der Waals surface area contributed by atoms with Crippen LogP contribution in [0.2, 0.25) is 0 Å². The van der Waals surface area contributed by atoms with Crippen molar-refractivity contribution < 1.29 is 9.90 Å². The SMILES string of the molecule is CCN(CC)CC(C)NC(=O)c1cc(C)c(C#CCO)s1. The maximum Gasteiger partial charge on any atom is 0.261 e. The van der Waals surface area contributed by atoms with Crippen molar-refractivity contribution in [2.45, 2.75) is 33.7 Å². The first-order chi connectivity index (χ1) is 10.0. The number of rotatable bonds is 6. The van der Waals surface area contributed by atoms with Crippen LogP contribution in [0.1, 0.15) is 40.9 Å². The lowest BCUT2D eigenvalue weighted by Gasteiger charge is -2.23. The van der Waals surface area contributed by atoms with Gasteiger partial charge in [0.15, 0.2) is 0 Å². The molecule has 4 nitrogen and oxygen atoms in total. The van der Waals surface area contributed by atoms with E-state index in [2.05, 4.69) is 35.9 Å². The summed E-state index contributed by atoms with van der Waals surface area (Å²) in [5, 5.41) is 11.8. The molecule has 0 saturated heterocycles. The number of carbonyl (C=O) groups is 1. The van der Waals surface area contributed by atoms with Crippen molar-refractivity contribution in [1.82, 2.24) is 10.2 Å². The largest absolute Gasteiger partial charge is 0.384 e. The summed E-state index contributed by atoms with van der Waals surface area (Å²) in [5.74, 6) is 5.43. The standard InChI is InChI=1S/C16H24N2O2S/c1-5-18(6-2)11-13(4)17-16(20)15-10-12(3)14(21-15)8-7-9-19/h10,13,19H,5-6,9,11H2,1-4H3,(H,17,20). The first-order valence-corrected chi connectivity index (χ1v) is 8.06. The second-order valence-corrected chi connectivity index (χ2v) is 6.00. The molecule has 1 atom stereocenters. The summed E-state index contributed by atoms with van der Waals surface area (Å²) in [6, 6.07) is 1.96. The molecule has 21 heavy (non-hydrogen) atoms. The molecule has 0 fully saturated rings. The zero-order chi connectivity index (χ0) is 15.8. The number of likely N-dealkylation sites (N-methyl/N-ethyl adjacent to an activating group) is 1. The molecule has 1 aromatic rings. The minimum atomic E-state index is -0.167. The predicted octanol–water partition coefficient (Wildman–Crippen LogP) is 1.86. The molecular formula is C16H24N2O2S. The molecule has 2 N–H and O–H groups in total. The minimum Gasteiger partial charge on any atom is -0.384 e. The van der Waals surface area contributed by atoms with Crippen molar-refractivity contribution in [2.75, 3.05) is 26.2 Å². The van der Waals surface area contributed by atoms with Gasteiger partial charge in [-0.25, -0.2) is 0 Å². The summed E-state index contributed by atoms with van der Waals surface area (Å²) in [7, 11) is 0. The van der Waals surface area contributed by atoms with Crippen LogP contribution in [0.15, 0.2) is 6.07 Å². The van der Waals surface area contributed by atoms with Gasteiger partial charge in [-0.3, -0.25) is 4.79 Å². The number of nitrogens with one attached hydrogen (secondary N) is 1. The van der Waals surface area contributed by atoms with Gasteiger partial charge in [0, 0.05) is 12.6 Å². The van der Waals surface area contributed by atoms with Crippen LogP contribution in [0.3, 0.4) is 0 Å². The van der Waals surface area contributed by atoms with Crippen molar-refractivity contribution >= 4 is 17.2 Å². The Hall–Kier alpha value is -1.35. The van der Waals surface area contributed by atoms with E-state index in [1.807, 2.05) is 19.9 Å². The molecule has 0 aliphatic carbocycles. The molecule has 0 saturated carbocycles. The molecule has 0 aliphatic rings. The highest BCUT2D eigenvalue weighted by atomic mass is 32.1. The Morgan fingerprint density at radius 3 is 2.71 bits per heavy atom. The van der Waals surface area contributed by atoms with E-state index in [0.717, 1.165) is 30.1 Å². The van der Waals surface area contributed by atoms with E-state index >= 15 is 0 Å². The van der Waals surface area contributed by atoms with E-state index in [4.69, 9.17) is 5.11 Å². The Labute approximate surface area is 131 Å². The summed E-state index contributed by atoms with van der Waals surface area (Å²) in [6.07, 6.45) is 0. The zero-order valence-corrected chi connectivity index (χ0v) is 14.0. The van der Waals surface area contributed by atoms with Crippen molar-refractivity contribution in [3.63, 3.8) is 0 Å². The Bertz CT molecular complexity index is 524. The van der Waals surface area contributed by atoms with Gasteiger partial charge in [-0.1, -0.05) is 25.7 Å². The third-order valence-corrected chi connectivity index (χ3v) is 4.38. The molecule has 116 valence electrons. The number of aliphatic hydroxyl groups excluding tert-OH is 1. The maximum absolute atomic E-state index is 12.2. The summed E-state index contributed by atoms with van der Waals surface area (Å²) in [5.41, 5.74) is 0.975. The number of nitrogens with zero attached hydrogens (tertiary/aromatic N) is 1. The molecule has 0 radical (unpaired) electrons. The summed E-state index contributed by atoms with van der Waals surface area (Å²) < 4.78 is 0. The maximum atomic E-state index is 12.2. The first kappa shape index (κ1) is 17.7. The molecule has 1 heterocycles. The van der Waals surface area contributed by atoms with E-state index in [1.165, 1.54) is 11.3 Å². The molecule has 1 unspecified atom stereocenters. The molecule has 0 spiro atoms. The fraction of sp³-hybridized carbons (Fsp3) is 0.562. The van der Waals surface area contributed by atoms with Gasteiger partial charge in [-0.05, 0) is 38.6 Å². The zero-order valence-electron chi connectivity index (χ0n) is 13.2.